The number of benzene rings is 1. The summed E-state index contributed by atoms with van der Waals surface area (Å²) < 4.78 is 0. The number of urea groups is 1. The first-order valence-corrected chi connectivity index (χ1v) is 8.80. The topological polar surface area (TPSA) is 74.2 Å². The summed E-state index contributed by atoms with van der Waals surface area (Å²) in [6.45, 7) is 2.59. The van der Waals surface area contributed by atoms with E-state index in [1.54, 1.807) is 6.20 Å². The van der Waals surface area contributed by atoms with Crippen molar-refractivity contribution in [1.29, 1.82) is 0 Å². The summed E-state index contributed by atoms with van der Waals surface area (Å²) in [5.41, 5.74) is 3.43. The van der Waals surface area contributed by atoms with Gasteiger partial charge in [-0.05, 0) is 42.0 Å². The first-order chi connectivity index (χ1) is 12.2. The molecule has 0 bridgehead atoms. The molecule has 1 aliphatic rings. The Morgan fingerprint density at radius 3 is 2.84 bits per heavy atom. The number of hydrogen-bond donors (Lipinski definition) is 3. The van der Waals surface area contributed by atoms with Gasteiger partial charge in [0.15, 0.2) is 0 Å². The van der Waals surface area contributed by atoms with E-state index in [1.165, 1.54) is 11.1 Å². The molecular formula is C20H25N3O2. The molecule has 0 saturated carbocycles. The smallest absolute Gasteiger partial charge is 0.315 e. The van der Waals surface area contributed by atoms with Crippen LogP contribution < -0.4 is 10.6 Å². The minimum atomic E-state index is -0.187. The Kier molecular flexibility index (Phi) is 5.66. The highest BCUT2D eigenvalue weighted by molar-refractivity contribution is 5.74. The van der Waals surface area contributed by atoms with Crippen LogP contribution in [0.3, 0.4) is 0 Å². The zero-order valence-electron chi connectivity index (χ0n) is 14.5. The van der Waals surface area contributed by atoms with E-state index >= 15 is 0 Å². The highest BCUT2D eigenvalue weighted by Crippen LogP contribution is 2.35. The van der Waals surface area contributed by atoms with Gasteiger partial charge in [-0.1, -0.05) is 37.3 Å². The summed E-state index contributed by atoms with van der Waals surface area (Å²) in [7, 11) is 0. The number of nitrogens with one attached hydrogen (secondary N) is 2. The fourth-order valence-corrected chi connectivity index (χ4v) is 3.46. The Bertz CT molecular complexity index is 705. The first-order valence-electron chi connectivity index (χ1n) is 8.80. The normalized spacial score (nSPS) is 19.9. The summed E-state index contributed by atoms with van der Waals surface area (Å²) >= 11 is 0. The number of aliphatic hydroxyl groups is 1. The van der Waals surface area contributed by atoms with E-state index in [9.17, 15) is 9.90 Å². The lowest BCUT2D eigenvalue weighted by molar-refractivity contribution is 0.210. The third-order valence-electron chi connectivity index (χ3n) is 4.82. The van der Waals surface area contributed by atoms with Crippen LogP contribution in [0.5, 0.6) is 0 Å². The lowest BCUT2D eigenvalue weighted by Crippen LogP contribution is -2.42. The molecule has 0 spiro atoms. The lowest BCUT2D eigenvalue weighted by atomic mass is 10.0. The van der Waals surface area contributed by atoms with E-state index < -0.39 is 0 Å². The van der Waals surface area contributed by atoms with Crippen LogP contribution in [-0.4, -0.2) is 29.3 Å². The molecule has 1 heterocycles. The van der Waals surface area contributed by atoms with Gasteiger partial charge in [0.25, 0.3) is 0 Å². The lowest BCUT2D eigenvalue weighted by Gasteiger charge is -2.21. The molecule has 132 valence electrons. The third-order valence-corrected chi connectivity index (χ3v) is 4.82. The number of nitrogens with zero attached hydrogens (tertiary/aromatic N) is 1. The predicted molar refractivity (Wildman–Crippen MR) is 97.1 cm³/mol. The van der Waals surface area contributed by atoms with Crippen LogP contribution in [0.25, 0.3) is 0 Å². The molecule has 0 saturated heterocycles. The van der Waals surface area contributed by atoms with Gasteiger partial charge in [-0.2, -0.15) is 0 Å². The average molecular weight is 339 g/mol. The second kappa shape index (κ2) is 8.12. The quantitative estimate of drug-likeness (QED) is 0.757. The second-order valence-electron chi connectivity index (χ2n) is 6.79. The van der Waals surface area contributed by atoms with Gasteiger partial charge in [0.2, 0.25) is 0 Å². The number of rotatable bonds is 6. The second-order valence-corrected chi connectivity index (χ2v) is 6.79. The van der Waals surface area contributed by atoms with Crippen LogP contribution in [0.2, 0.25) is 0 Å². The summed E-state index contributed by atoms with van der Waals surface area (Å²) in [6, 6.07) is 13.8. The van der Waals surface area contributed by atoms with Crippen molar-refractivity contribution in [2.24, 2.45) is 11.8 Å². The van der Waals surface area contributed by atoms with Crippen LogP contribution in [0, 0.1) is 11.8 Å². The van der Waals surface area contributed by atoms with Crippen LogP contribution in [-0.2, 0) is 12.8 Å². The highest BCUT2D eigenvalue weighted by Gasteiger charge is 2.30. The van der Waals surface area contributed by atoms with Crippen LogP contribution in [0.4, 0.5) is 4.79 Å². The maximum absolute atomic E-state index is 12.3. The SMILES string of the molecule is C[C@@H]1Cc2ccccc2[C@H]1NC(=O)NC[C@@H](CO)Cc1ccccn1. The van der Waals surface area contributed by atoms with E-state index in [0.717, 1.165) is 12.1 Å². The fraction of sp³-hybridized carbons (Fsp3) is 0.400. The van der Waals surface area contributed by atoms with Crippen molar-refractivity contribution in [3.8, 4) is 0 Å². The molecule has 1 aliphatic carbocycles. The first kappa shape index (κ1) is 17.4. The van der Waals surface area contributed by atoms with Gasteiger partial charge >= 0.3 is 6.03 Å². The molecule has 5 nitrogen and oxygen atoms in total. The number of hydrogen-bond acceptors (Lipinski definition) is 3. The molecule has 2 aromatic rings. The van der Waals surface area contributed by atoms with Gasteiger partial charge in [0.05, 0.1) is 6.04 Å². The summed E-state index contributed by atoms with van der Waals surface area (Å²) in [5.74, 6) is 0.333. The molecule has 3 rings (SSSR count). The molecule has 3 N–H and O–H groups in total. The van der Waals surface area contributed by atoms with Gasteiger partial charge < -0.3 is 15.7 Å². The van der Waals surface area contributed by atoms with Crippen LogP contribution in [0.15, 0.2) is 48.7 Å². The molecule has 2 amide bonds. The Hall–Kier alpha value is -2.40. The van der Waals surface area contributed by atoms with E-state index in [0.29, 0.717) is 18.9 Å². The number of fused-ring (bicyclic) bond motifs is 1. The summed E-state index contributed by atoms with van der Waals surface area (Å²) in [6.07, 6.45) is 3.36. The third kappa shape index (κ3) is 4.37. The van der Waals surface area contributed by atoms with Crippen molar-refractivity contribution in [3.05, 3.63) is 65.5 Å². The van der Waals surface area contributed by atoms with E-state index in [-0.39, 0.29) is 24.6 Å². The largest absolute Gasteiger partial charge is 0.396 e. The molecule has 1 aromatic heterocycles. The summed E-state index contributed by atoms with van der Waals surface area (Å²) in [5, 5.41) is 15.5. The zero-order valence-corrected chi connectivity index (χ0v) is 14.5. The number of carbonyl (C=O) groups excluding carboxylic acids is 1. The van der Waals surface area contributed by atoms with Crippen molar-refractivity contribution in [3.63, 3.8) is 0 Å². The van der Waals surface area contributed by atoms with Gasteiger partial charge in [-0.3, -0.25) is 4.98 Å². The van der Waals surface area contributed by atoms with Crippen molar-refractivity contribution >= 4 is 6.03 Å². The Morgan fingerprint density at radius 2 is 2.08 bits per heavy atom. The summed E-state index contributed by atoms with van der Waals surface area (Å²) in [4.78, 5) is 16.6. The standard InChI is InChI=1S/C20H25N3O2/c1-14-10-16-6-2-3-8-18(16)19(14)23-20(25)22-12-15(13-24)11-17-7-4-5-9-21-17/h2-9,14-15,19,24H,10-13H2,1H3,(H2,22,23,25)/t14-,15+,19+/m1/s1. The fourth-order valence-electron chi connectivity index (χ4n) is 3.46. The highest BCUT2D eigenvalue weighted by atomic mass is 16.3. The molecule has 0 unspecified atom stereocenters. The minimum Gasteiger partial charge on any atom is -0.396 e. The molecule has 1 aromatic carbocycles. The Morgan fingerprint density at radius 1 is 1.28 bits per heavy atom. The van der Waals surface area contributed by atoms with Crippen molar-refractivity contribution < 1.29 is 9.90 Å². The Balaban J connectivity index is 1.52. The van der Waals surface area contributed by atoms with E-state index in [4.69, 9.17) is 0 Å². The van der Waals surface area contributed by atoms with Crippen molar-refractivity contribution in [2.75, 3.05) is 13.2 Å². The number of carbonyl (C=O) groups is 1. The monoisotopic (exact) mass is 339 g/mol. The Labute approximate surface area is 148 Å². The van der Waals surface area contributed by atoms with Gasteiger partial charge in [0, 0.05) is 31.0 Å². The molecule has 5 heteroatoms. The minimum absolute atomic E-state index is 0.0134. The maximum Gasteiger partial charge on any atom is 0.315 e. The molecule has 25 heavy (non-hydrogen) atoms. The molecule has 3 atom stereocenters. The number of pyridine rings is 1. The molecule has 0 aliphatic heterocycles. The van der Waals surface area contributed by atoms with Gasteiger partial charge in [-0.25, -0.2) is 4.79 Å². The van der Waals surface area contributed by atoms with E-state index in [2.05, 4.69) is 34.7 Å². The zero-order chi connectivity index (χ0) is 17.6. The molecular weight excluding hydrogens is 314 g/mol. The number of aliphatic hydroxyl groups excluding tert-OH is 1. The van der Waals surface area contributed by atoms with Crippen LogP contribution >= 0.6 is 0 Å². The maximum atomic E-state index is 12.3. The predicted octanol–water partition coefficient (Wildman–Crippen LogP) is 2.47. The molecule has 0 radical (unpaired) electrons. The van der Waals surface area contributed by atoms with Gasteiger partial charge in [0.1, 0.15) is 0 Å². The van der Waals surface area contributed by atoms with E-state index in [1.807, 2.05) is 30.3 Å². The van der Waals surface area contributed by atoms with Crippen molar-refractivity contribution in [1.82, 2.24) is 15.6 Å². The van der Waals surface area contributed by atoms with Crippen LogP contribution in [0.1, 0.15) is 29.8 Å². The number of aromatic nitrogens is 1. The van der Waals surface area contributed by atoms with Gasteiger partial charge in [-0.15, -0.1) is 0 Å². The number of amides is 2. The molecule has 0 fully saturated rings. The average Bonchev–Trinajstić information content (AvgIpc) is 2.95. The van der Waals surface area contributed by atoms with Crippen molar-refractivity contribution in [2.45, 2.75) is 25.8 Å².